The van der Waals surface area contributed by atoms with E-state index in [9.17, 15) is 0 Å². The molecule has 0 saturated carbocycles. The summed E-state index contributed by atoms with van der Waals surface area (Å²) in [4.78, 5) is 2.49. The van der Waals surface area contributed by atoms with Crippen LogP contribution in [0.1, 0.15) is 32.6 Å². The Kier molecular flexibility index (Phi) is 8.47. The highest BCUT2D eigenvalue weighted by Gasteiger charge is 2.09. The molecule has 0 radical (unpaired) electrons. The van der Waals surface area contributed by atoms with Crippen molar-refractivity contribution >= 4 is 12.4 Å². The summed E-state index contributed by atoms with van der Waals surface area (Å²) in [7, 11) is 0. The molecule has 0 amide bonds. The molecule has 0 aromatic heterocycles. The molecule has 114 valence electrons. The van der Waals surface area contributed by atoms with Crippen LogP contribution in [0.5, 0.6) is 11.5 Å². The molecule has 0 atom stereocenters. The summed E-state index contributed by atoms with van der Waals surface area (Å²) in [6.07, 6.45) is 5.09. The Morgan fingerprint density at radius 3 is 2.00 bits per heavy atom. The standard InChI is InChI=1S/C16H25NO2.ClH/c1-2-13-18-15-6-8-16(9-7-15)19-14-12-17-10-4-3-5-11-17;/h6-9H,2-5,10-14H2,1H3;1H. The van der Waals surface area contributed by atoms with Crippen LogP contribution in [0.15, 0.2) is 24.3 Å². The smallest absolute Gasteiger partial charge is 0.119 e. The van der Waals surface area contributed by atoms with Crippen LogP contribution < -0.4 is 9.47 Å². The summed E-state index contributed by atoms with van der Waals surface area (Å²) < 4.78 is 11.3. The van der Waals surface area contributed by atoms with Crippen LogP contribution >= 0.6 is 12.4 Å². The Hall–Kier alpha value is -0.930. The van der Waals surface area contributed by atoms with Crippen molar-refractivity contribution in [2.45, 2.75) is 32.6 Å². The van der Waals surface area contributed by atoms with E-state index < -0.39 is 0 Å². The second-order valence-electron chi connectivity index (χ2n) is 5.07. The first kappa shape index (κ1) is 17.1. The van der Waals surface area contributed by atoms with E-state index in [-0.39, 0.29) is 12.4 Å². The van der Waals surface area contributed by atoms with Gasteiger partial charge in [0, 0.05) is 6.54 Å². The maximum absolute atomic E-state index is 5.77. The first-order valence-electron chi connectivity index (χ1n) is 7.46. The van der Waals surface area contributed by atoms with E-state index in [0.717, 1.165) is 37.7 Å². The van der Waals surface area contributed by atoms with E-state index in [1.807, 2.05) is 24.3 Å². The van der Waals surface area contributed by atoms with Crippen molar-refractivity contribution in [3.63, 3.8) is 0 Å². The molecule has 1 aliphatic rings. The summed E-state index contributed by atoms with van der Waals surface area (Å²) >= 11 is 0. The average molecular weight is 300 g/mol. The van der Waals surface area contributed by atoms with Crippen LogP contribution in [0.3, 0.4) is 0 Å². The lowest BCUT2D eigenvalue weighted by molar-refractivity contribution is 0.183. The minimum absolute atomic E-state index is 0. The molecule has 1 heterocycles. The van der Waals surface area contributed by atoms with Crippen molar-refractivity contribution in [1.82, 2.24) is 4.90 Å². The molecule has 1 aliphatic heterocycles. The molecule has 0 aliphatic carbocycles. The largest absolute Gasteiger partial charge is 0.494 e. The summed E-state index contributed by atoms with van der Waals surface area (Å²) in [5, 5.41) is 0. The molecule has 2 rings (SSSR count). The molecule has 0 unspecified atom stereocenters. The van der Waals surface area contributed by atoms with E-state index in [2.05, 4.69) is 11.8 Å². The fraction of sp³-hybridized carbons (Fsp3) is 0.625. The van der Waals surface area contributed by atoms with Gasteiger partial charge < -0.3 is 9.47 Å². The highest BCUT2D eigenvalue weighted by molar-refractivity contribution is 5.85. The lowest BCUT2D eigenvalue weighted by Gasteiger charge is -2.26. The van der Waals surface area contributed by atoms with Gasteiger partial charge in [0.1, 0.15) is 18.1 Å². The van der Waals surface area contributed by atoms with Crippen molar-refractivity contribution in [3.05, 3.63) is 24.3 Å². The maximum atomic E-state index is 5.77. The number of benzene rings is 1. The predicted octanol–water partition coefficient (Wildman–Crippen LogP) is 3.76. The molecule has 1 fully saturated rings. The van der Waals surface area contributed by atoms with E-state index in [4.69, 9.17) is 9.47 Å². The van der Waals surface area contributed by atoms with Crippen LogP contribution in [0.2, 0.25) is 0 Å². The van der Waals surface area contributed by atoms with E-state index >= 15 is 0 Å². The van der Waals surface area contributed by atoms with Crippen molar-refractivity contribution in [3.8, 4) is 11.5 Å². The van der Waals surface area contributed by atoms with Crippen LogP contribution in [0, 0.1) is 0 Å². The lowest BCUT2D eigenvalue weighted by Crippen LogP contribution is -2.33. The highest BCUT2D eigenvalue weighted by Crippen LogP contribution is 2.18. The molecule has 1 aromatic carbocycles. The molecule has 3 nitrogen and oxygen atoms in total. The number of hydrogen-bond acceptors (Lipinski definition) is 3. The molecule has 0 N–H and O–H groups in total. The van der Waals surface area contributed by atoms with Crippen molar-refractivity contribution < 1.29 is 9.47 Å². The topological polar surface area (TPSA) is 21.7 Å². The van der Waals surface area contributed by atoms with Crippen LogP contribution in [-0.2, 0) is 0 Å². The highest BCUT2D eigenvalue weighted by atomic mass is 35.5. The third-order valence-corrected chi connectivity index (χ3v) is 3.42. The summed E-state index contributed by atoms with van der Waals surface area (Å²) in [6.45, 7) is 7.15. The second kappa shape index (κ2) is 9.89. The normalized spacial score (nSPS) is 15.4. The van der Waals surface area contributed by atoms with Gasteiger partial charge in [-0.2, -0.15) is 0 Å². The zero-order valence-corrected chi connectivity index (χ0v) is 13.2. The van der Waals surface area contributed by atoms with Gasteiger partial charge in [-0.05, 0) is 56.6 Å². The van der Waals surface area contributed by atoms with E-state index in [1.165, 1.54) is 32.4 Å². The molecule has 1 aromatic rings. The van der Waals surface area contributed by atoms with E-state index in [1.54, 1.807) is 0 Å². The zero-order chi connectivity index (χ0) is 13.3. The summed E-state index contributed by atoms with van der Waals surface area (Å²) in [5.74, 6) is 1.85. The number of hydrogen-bond donors (Lipinski definition) is 0. The molecule has 0 bridgehead atoms. The number of ether oxygens (including phenoxy) is 2. The van der Waals surface area contributed by atoms with Gasteiger partial charge in [0.05, 0.1) is 6.61 Å². The minimum atomic E-state index is 0. The van der Waals surface area contributed by atoms with E-state index in [0.29, 0.717) is 0 Å². The quantitative estimate of drug-likeness (QED) is 0.765. The van der Waals surface area contributed by atoms with Crippen LogP contribution in [-0.4, -0.2) is 37.7 Å². The third kappa shape index (κ3) is 6.02. The molecule has 4 heteroatoms. The molecular formula is C16H26ClNO2. The molecular weight excluding hydrogens is 274 g/mol. The van der Waals surface area contributed by atoms with Crippen molar-refractivity contribution in [1.29, 1.82) is 0 Å². The molecule has 20 heavy (non-hydrogen) atoms. The SMILES string of the molecule is CCCOc1ccc(OCCN2CCCCC2)cc1.Cl. The van der Waals surface area contributed by atoms with Gasteiger partial charge in [-0.15, -0.1) is 12.4 Å². The molecule has 1 saturated heterocycles. The number of rotatable bonds is 7. The zero-order valence-electron chi connectivity index (χ0n) is 12.3. The van der Waals surface area contributed by atoms with Gasteiger partial charge in [-0.3, -0.25) is 4.90 Å². The fourth-order valence-electron chi connectivity index (χ4n) is 2.33. The molecule has 0 spiro atoms. The van der Waals surface area contributed by atoms with Gasteiger partial charge in [0.2, 0.25) is 0 Å². The van der Waals surface area contributed by atoms with Gasteiger partial charge in [-0.1, -0.05) is 13.3 Å². The average Bonchev–Trinajstić information content (AvgIpc) is 2.47. The number of halogens is 1. The predicted molar refractivity (Wildman–Crippen MR) is 85.3 cm³/mol. The fourth-order valence-corrected chi connectivity index (χ4v) is 2.33. The Labute approximate surface area is 128 Å². The Balaban J connectivity index is 0.00000200. The second-order valence-corrected chi connectivity index (χ2v) is 5.07. The maximum Gasteiger partial charge on any atom is 0.119 e. The van der Waals surface area contributed by atoms with Crippen LogP contribution in [0.4, 0.5) is 0 Å². The van der Waals surface area contributed by atoms with Gasteiger partial charge in [0.15, 0.2) is 0 Å². The summed E-state index contributed by atoms with van der Waals surface area (Å²) in [5.41, 5.74) is 0. The minimum Gasteiger partial charge on any atom is -0.494 e. The van der Waals surface area contributed by atoms with Crippen LogP contribution in [0.25, 0.3) is 0 Å². The van der Waals surface area contributed by atoms with Crippen molar-refractivity contribution in [2.75, 3.05) is 32.8 Å². The monoisotopic (exact) mass is 299 g/mol. The van der Waals surface area contributed by atoms with Crippen molar-refractivity contribution in [2.24, 2.45) is 0 Å². The van der Waals surface area contributed by atoms with Gasteiger partial charge in [0.25, 0.3) is 0 Å². The number of piperidine rings is 1. The third-order valence-electron chi connectivity index (χ3n) is 3.42. The Morgan fingerprint density at radius 1 is 0.900 bits per heavy atom. The summed E-state index contributed by atoms with van der Waals surface area (Å²) in [6, 6.07) is 7.93. The Bertz CT molecular complexity index is 350. The first-order valence-corrected chi connectivity index (χ1v) is 7.46. The van der Waals surface area contributed by atoms with Gasteiger partial charge >= 0.3 is 0 Å². The number of likely N-dealkylation sites (tertiary alicyclic amines) is 1. The Morgan fingerprint density at radius 2 is 1.45 bits per heavy atom. The lowest BCUT2D eigenvalue weighted by atomic mass is 10.1. The van der Waals surface area contributed by atoms with Gasteiger partial charge in [-0.25, -0.2) is 0 Å². The first-order chi connectivity index (χ1) is 9.38. The number of nitrogens with zero attached hydrogens (tertiary/aromatic N) is 1.